The van der Waals surface area contributed by atoms with Crippen LogP contribution >= 0.6 is 0 Å². The van der Waals surface area contributed by atoms with Crippen LogP contribution in [0.4, 0.5) is 5.69 Å². The first kappa shape index (κ1) is 12.0. The Morgan fingerprint density at radius 2 is 2.11 bits per heavy atom. The van der Waals surface area contributed by atoms with Gasteiger partial charge in [-0.05, 0) is 31.5 Å². The molecule has 5 nitrogen and oxygen atoms in total. The molecule has 2 N–H and O–H groups in total. The molecule has 0 saturated carbocycles. The average Bonchev–Trinajstić information content (AvgIpc) is 2.28. The molecule has 2 aromatic rings. The number of aromatic nitrogens is 2. The largest absolute Gasteiger partial charge is 0.322 e. The summed E-state index contributed by atoms with van der Waals surface area (Å²) in [5.74, 6) is 0.0152. The molecule has 0 saturated heterocycles. The molecule has 0 aliphatic carbocycles. The van der Waals surface area contributed by atoms with Crippen molar-refractivity contribution in [2.75, 3.05) is 5.32 Å². The van der Waals surface area contributed by atoms with Crippen LogP contribution < -0.4 is 10.9 Å². The van der Waals surface area contributed by atoms with Gasteiger partial charge in [0, 0.05) is 11.9 Å². The molecule has 0 fully saturated rings. The number of carbonyl (C=O) groups excluding carboxylic acids is 1. The molecule has 0 aliphatic heterocycles. The minimum atomic E-state index is -0.464. The highest BCUT2D eigenvalue weighted by Crippen LogP contribution is 2.10. The summed E-state index contributed by atoms with van der Waals surface area (Å²) in [5.41, 5.74) is 1.25. The third-order valence-corrected chi connectivity index (χ3v) is 2.45. The topological polar surface area (TPSA) is 74.8 Å². The van der Waals surface area contributed by atoms with E-state index in [1.807, 2.05) is 25.1 Å². The predicted molar refractivity (Wildman–Crippen MR) is 68.7 cm³/mol. The van der Waals surface area contributed by atoms with E-state index >= 15 is 0 Å². The molecule has 1 amide bonds. The molecule has 0 spiro atoms. The highest BCUT2D eigenvalue weighted by atomic mass is 16.2. The van der Waals surface area contributed by atoms with Gasteiger partial charge in [0.25, 0.3) is 11.5 Å². The van der Waals surface area contributed by atoms with Crippen LogP contribution in [0, 0.1) is 13.8 Å². The van der Waals surface area contributed by atoms with Crippen LogP contribution in [-0.2, 0) is 0 Å². The normalized spacial score (nSPS) is 10.1. The summed E-state index contributed by atoms with van der Waals surface area (Å²) in [7, 11) is 0. The maximum atomic E-state index is 11.9. The molecule has 0 radical (unpaired) electrons. The lowest BCUT2D eigenvalue weighted by atomic mass is 10.2. The van der Waals surface area contributed by atoms with Crippen LogP contribution in [0.15, 0.2) is 35.3 Å². The second kappa shape index (κ2) is 4.83. The predicted octanol–water partition coefficient (Wildman–Crippen LogP) is 1.64. The molecule has 1 aromatic carbocycles. The Labute approximate surface area is 104 Å². The van der Waals surface area contributed by atoms with Gasteiger partial charge in [-0.2, -0.15) is 0 Å². The van der Waals surface area contributed by atoms with E-state index in [1.165, 1.54) is 6.20 Å². The van der Waals surface area contributed by atoms with Crippen LogP contribution in [0.1, 0.15) is 21.7 Å². The van der Waals surface area contributed by atoms with Gasteiger partial charge in [-0.25, -0.2) is 4.98 Å². The Morgan fingerprint density at radius 3 is 2.78 bits per heavy atom. The van der Waals surface area contributed by atoms with Crippen LogP contribution in [0.2, 0.25) is 0 Å². The second-order valence-corrected chi connectivity index (χ2v) is 4.04. The van der Waals surface area contributed by atoms with Gasteiger partial charge in [-0.3, -0.25) is 9.59 Å². The van der Waals surface area contributed by atoms with E-state index in [4.69, 9.17) is 0 Å². The van der Waals surface area contributed by atoms with Crippen molar-refractivity contribution in [2.24, 2.45) is 0 Å². The van der Waals surface area contributed by atoms with Gasteiger partial charge in [0.2, 0.25) is 0 Å². The molecule has 1 heterocycles. The monoisotopic (exact) mass is 243 g/mol. The first-order valence-electron chi connectivity index (χ1n) is 5.50. The molecule has 0 aliphatic rings. The lowest BCUT2D eigenvalue weighted by molar-refractivity contribution is 0.102. The summed E-state index contributed by atoms with van der Waals surface area (Å²) in [5, 5.41) is 2.66. The summed E-state index contributed by atoms with van der Waals surface area (Å²) >= 11 is 0. The summed E-state index contributed by atoms with van der Waals surface area (Å²) in [6.07, 6.45) is 1.28. The fourth-order valence-corrected chi connectivity index (χ4v) is 1.57. The number of nitrogens with zero attached hydrogens (tertiary/aromatic N) is 1. The fourth-order valence-electron chi connectivity index (χ4n) is 1.57. The summed E-state index contributed by atoms with van der Waals surface area (Å²) in [4.78, 5) is 29.9. The SMILES string of the molecule is Cc1cccc(NC(=O)c2cnc(C)[nH]c2=O)c1. The number of hydrogen-bond donors (Lipinski definition) is 2. The maximum Gasteiger partial charge on any atom is 0.263 e. The highest BCUT2D eigenvalue weighted by Gasteiger charge is 2.11. The molecule has 92 valence electrons. The number of aryl methyl sites for hydroxylation is 2. The van der Waals surface area contributed by atoms with Crippen molar-refractivity contribution in [3.05, 3.63) is 57.8 Å². The van der Waals surface area contributed by atoms with Gasteiger partial charge < -0.3 is 10.3 Å². The van der Waals surface area contributed by atoms with Crippen molar-refractivity contribution in [1.29, 1.82) is 0 Å². The number of aromatic amines is 1. The number of H-pyrrole nitrogens is 1. The zero-order valence-electron chi connectivity index (χ0n) is 10.2. The van der Waals surface area contributed by atoms with Crippen LogP contribution in [0.25, 0.3) is 0 Å². The smallest absolute Gasteiger partial charge is 0.263 e. The van der Waals surface area contributed by atoms with Crippen molar-refractivity contribution >= 4 is 11.6 Å². The van der Waals surface area contributed by atoms with Gasteiger partial charge in [-0.1, -0.05) is 12.1 Å². The molecular formula is C13H13N3O2. The molecule has 5 heteroatoms. The molecule has 0 atom stereocenters. The van der Waals surface area contributed by atoms with Gasteiger partial charge in [-0.15, -0.1) is 0 Å². The Morgan fingerprint density at radius 1 is 1.33 bits per heavy atom. The Kier molecular flexibility index (Phi) is 3.23. The van der Waals surface area contributed by atoms with E-state index in [0.29, 0.717) is 11.5 Å². The van der Waals surface area contributed by atoms with Gasteiger partial charge in [0.05, 0.1) is 0 Å². The molecular weight excluding hydrogens is 230 g/mol. The number of benzene rings is 1. The number of carbonyl (C=O) groups is 1. The van der Waals surface area contributed by atoms with Crippen molar-refractivity contribution in [3.8, 4) is 0 Å². The van der Waals surface area contributed by atoms with E-state index in [2.05, 4.69) is 15.3 Å². The lowest BCUT2D eigenvalue weighted by Gasteiger charge is -2.05. The number of nitrogens with one attached hydrogen (secondary N) is 2. The van der Waals surface area contributed by atoms with E-state index in [1.54, 1.807) is 13.0 Å². The minimum Gasteiger partial charge on any atom is -0.322 e. The zero-order valence-corrected chi connectivity index (χ0v) is 10.2. The third kappa shape index (κ3) is 2.63. The minimum absolute atomic E-state index is 0.00195. The number of anilines is 1. The first-order valence-corrected chi connectivity index (χ1v) is 5.50. The average molecular weight is 243 g/mol. The van der Waals surface area contributed by atoms with Crippen molar-refractivity contribution in [2.45, 2.75) is 13.8 Å². The molecule has 1 aromatic heterocycles. The molecule has 18 heavy (non-hydrogen) atoms. The van der Waals surface area contributed by atoms with Crippen LogP contribution in [-0.4, -0.2) is 15.9 Å². The molecule has 0 unspecified atom stereocenters. The summed E-state index contributed by atoms with van der Waals surface area (Å²) in [6.45, 7) is 3.58. The summed E-state index contributed by atoms with van der Waals surface area (Å²) < 4.78 is 0. The fraction of sp³-hybridized carbons (Fsp3) is 0.154. The van der Waals surface area contributed by atoms with Crippen molar-refractivity contribution < 1.29 is 4.79 Å². The quantitative estimate of drug-likeness (QED) is 0.842. The zero-order chi connectivity index (χ0) is 13.1. The lowest BCUT2D eigenvalue weighted by Crippen LogP contribution is -2.24. The second-order valence-electron chi connectivity index (χ2n) is 4.04. The number of rotatable bonds is 2. The van der Waals surface area contributed by atoms with Gasteiger partial charge in [0.1, 0.15) is 11.4 Å². The van der Waals surface area contributed by atoms with Crippen LogP contribution in [0.3, 0.4) is 0 Å². The van der Waals surface area contributed by atoms with E-state index in [-0.39, 0.29) is 5.56 Å². The van der Waals surface area contributed by atoms with Crippen LogP contribution in [0.5, 0.6) is 0 Å². The maximum absolute atomic E-state index is 11.9. The Bertz CT molecular complexity index is 647. The van der Waals surface area contributed by atoms with E-state index < -0.39 is 11.5 Å². The third-order valence-electron chi connectivity index (χ3n) is 2.45. The van der Waals surface area contributed by atoms with Gasteiger partial charge in [0.15, 0.2) is 0 Å². The van der Waals surface area contributed by atoms with Gasteiger partial charge >= 0.3 is 0 Å². The Hall–Kier alpha value is -2.43. The highest BCUT2D eigenvalue weighted by molar-refractivity contribution is 6.03. The molecule has 2 rings (SSSR count). The number of amides is 1. The van der Waals surface area contributed by atoms with E-state index in [0.717, 1.165) is 5.56 Å². The standard InChI is InChI=1S/C13H13N3O2/c1-8-4-3-5-10(6-8)16-13(18)11-7-14-9(2)15-12(11)17/h3-7H,1-2H3,(H,16,18)(H,14,15,17). The van der Waals surface area contributed by atoms with Crippen molar-refractivity contribution in [1.82, 2.24) is 9.97 Å². The summed E-state index contributed by atoms with van der Waals surface area (Å²) in [6, 6.07) is 7.35. The Balaban J connectivity index is 2.25. The van der Waals surface area contributed by atoms with Crippen molar-refractivity contribution in [3.63, 3.8) is 0 Å². The first-order chi connectivity index (χ1) is 8.56. The molecule has 0 bridgehead atoms. The van der Waals surface area contributed by atoms with E-state index in [9.17, 15) is 9.59 Å². The number of hydrogen-bond acceptors (Lipinski definition) is 3.